The largest absolute Gasteiger partial charge is 0.310 e. The maximum Gasteiger partial charge on any atom is 0.0640 e. The fourth-order valence-corrected chi connectivity index (χ4v) is 10.5. The highest BCUT2D eigenvalue weighted by molar-refractivity contribution is 7.27. The predicted octanol–water partition coefficient (Wildman–Crippen LogP) is 12.4. The Kier molecular flexibility index (Phi) is 5.01. The van der Waals surface area contributed by atoms with Gasteiger partial charge in [0.1, 0.15) is 0 Å². The average molecular weight is 623 g/mol. The van der Waals surface area contributed by atoms with Crippen LogP contribution in [0.1, 0.15) is 17.7 Å². The SMILES string of the molecule is C1=Cc2c(c3ccccc3n2-c2ccc3c4c5sc6ccccc6c5ccc4n(-c4cccc5c4sc4ccccc45)c3c2)CC1. The summed E-state index contributed by atoms with van der Waals surface area (Å²) in [7, 11) is 0. The molecule has 4 heteroatoms. The molecule has 6 aromatic carbocycles. The Balaban J connectivity index is 1.31. The second-order valence-corrected chi connectivity index (χ2v) is 14.5. The molecule has 0 radical (unpaired) electrons. The highest BCUT2D eigenvalue weighted by atomic mass is 32.1. The van der Waals surface area contributed by atoms with Crippen molar-refractivity contribution in [2.24, 2.45) is 0 Å². The van der Waals surface area contributed by atoms with Crippen molar-refractivity contribution >= 4 is 102 Å². The molecule has 10 aromatic rings. The summed E-state index contributed by atoms with van der Waals surface area (Å²) in [4.78, 5) is 0. The third-order valence-corrected chi connectivity index (χ3v) is 12.4. The van der Waals surface area contributed by atoms with Crippen LogP contribution in [-0.2, 0) is 6.42 Å². The number of hydrogen-bond donors (Lipinski definition) is 0. The first-order valence-electron chi connectivity index (χ1n) is 15.9. The maximum atomic E-state index is 2.55. The van der Waals surface area contributed by atoms with Crippen LogP contribution in [0.25, 0.3) is 90.5 Å². The lowest BCUT2D eigenvalue weighted by Crippen LogP contribution is -2.01. The maximum absolute atomic E-state index is 2.55. The summed E-state index contributed by atoms with van der Waals surface area (Å²) in [6.45, 7) is 0. The van der Waals surface area contributed by atoms with Crippen LogP contribution < -0.4 is 0 Å². The zero-order valence-corrected chi connectivity index (χ0v) is 26.5. The lowest BCUT2D eigenvalue weighted by molar-refractivity contribution is 0.968. The van der Waals surface area contributed by atoms with Gasteiger partial charge in [-0.2, -0.15) is 0 Å². The Bertz CT molecular complexity index is 2920. The van der Waals surface area contributed by atoms with E-state index in [1.807, 2.05) is 22.7 Å². The summed E-state index contributed by atoms with van der Waals surface area (Å²) >= 11 is 3.82. The monoisotopic (exact) mass is 622 g/mol. The number of para-hydroxylation sites is 1. The van der Waals surface area contributed by atoms with Crippen LogP contribution in [0.15, 0.2) is 127 Å². The molecule has 1 aliphatic rings. The zero-order chi connectivity index (χ0) is 29.9. The minimum atomic E-state index is 1.08. The quantitative estimate of drug-likeness (QED) is 0.182. The number of allylic oxidation sites excluding steroid dienone is 1. The van der Waals surface area contributed by atoms with E-state index in [-0.39, 0.29) is 0 Å². The van der Waals surface area contributed by atoms with Crippen molar-refractivity contribution in [2.45, 2.75) is 12.8 Å². The summed E-state index contributed by atoms with van der Waals surface area (Å²) in [5.74, 6) is 0. The number of nitrogens with zero attached hydrogens (tertiary/aromatic N) is 2. The van der Waals surface area contributed by atoms with Crippen LogP contribution in [0.3, 0.4) is 0 Å². The van der Waals surface area contributed by atoms with Crippen LogP contribution in [0, 0.1) is 0 Å². The van der Waals surface area contributed by atoms with E-state index < -0.39 is 0 Å². The molecular formula is C42H26N2S2. The van der Waals surface area contributed by atoms with Crippen molar-refractivity contribution in [3.8, 4) is 11.4 Å². The van der Waals surface area contributed by atoms with Gasteiger partial charge in [-0.15, -0.1) is 22.7 Å². The highest BCUT2D eigenvalue weighted by Gasteiger charge is 2.22. The van der Waals surface area contributed by atoms with Gasteiger partial charge in [0, 0.05) is 63.2 Å². The molecule has 2 nitrogen and oxygen atoms in total. The Morgan fingerprint density at radius 3 is 2.04 bits per heavy atom. The highest BCUT2D eigenvalue weighted by Crippen LogP contribution is 2.46. The predicted molar refractivity (Wildman–Crippen MR) is 201 cm³/mol. The fraction of sp³-hybridized carbons (Fsp3) is 0.0476. The number of benzene rings is 6. The molecule has 11 rings (SSSR count). The van der Waals surface area contributed by atoms with E-state index >= 15 is 0 Å². The van der Waals surface area contributed by atoms with Gasteiger partial charge < -0.3 is 9.13 Å². The molecule has 4 heterocycles. The normalized spacial score (nSPS) is 13.4. The molecule has 0 N–H and O–H groups in total. The second kappa shape index (κ2) is 9.20. The third kappa shape index (κ3) is 3.25. The van der Waals surface area contributed by atoms with Crippen LogP contribution in [0.4, 0.5) is 0 Å². The molecule has 216 valence electrons. The lowest BCUT2D eigenvalue weighted by atomic mass is 10.0. The van der Waals surface area contributed by atoms with Crippen molar-refractivity contribution in [1.82, 2.24) is 9.13 Å². The number of hydrogen-bond acceptors (Lipinski definition) is 2. The molecule has 0 spiro atoms. The molecule has 0 bridgehead atoms. The molecule has 0 amide bonds. The van der Waals surface area contributed by atoms with E-state index in [0.29, 0.717) is 0 Å². The fourth-order valence-electron chi connectivity index (χ4n) is 8.04. The summed E-state index contributed by atoms with van der Waals surface area (Å²) in [5, 5.41) is 9.34. The molecule has 0 aliphatic heterocycles. The Labute approximate surface area is 272 Å². The van der Waals surface area contributed by atoms with E-state index in [9.17, 15) is 0 Å². The van der Waals surface area contributed by atoms with Crippen molar-refractivity contribution < 1.29 is 0 Å². The van der Waals surface area contributed by atoms with Crippen molar-refractivity contribution in [2.75, 3.05) is 0 Å². The standard InChI is InChI=1S/C42H26N2S2/c1-5-15-33-26(10-1)27-11-2-6-16-34(27)43(33)25-20-21-32-37(24-25)44(36-17-9-14-30-28-12-3-7-18-38(28)45-41(30)36)35-23-22-31-29-13-4-8-19-39(29)46-42(31)40(32)35/h1,3-10,12-24H,2,11H2. The minimum Gasteiger partial charge on any atom is -0.310 e. The van der Waals surface area contributed by atoms with Gasteiger partial charge >= 0.3 is 0 Å². The summed E-state index contributed by atoms with van der Waals surface area (Å²) < 4.78 is 10.4. The zero-order valence-electron chi connectivity index (χ0n) is 24.8. The summed E-state index contributed by atoms with van der Waals surface area (Å²) in [6.07, 6.45) is 6.84. The van der Waals surface area contributed by atoms with Gasteiger partial charge in [0.05, 0.1) is 26.9 Å². The first kappa shape index (κ1) is 25.1. The van der Waals surface area contributed by atoms with Crippen LogP contribution in [0.2, 0.25) is 0 Å². The molecule has 0 saturated heterocycles. The molecule has 0 saturated carbocycles. The first-order valence-corrected chi connectivity index (χ1v) is 17.5. The minimum absolute atomic E-state index is 1.08. The molecule has 0 atom stereocenters. The van der Waals surface area contributed by atoms with Crippen LogP contribution in [-0.4, -0.2) is 9.13 Å². The van der Waals surface area contributed by atoms with Gasteiger partial charge in [-0.1, -0.05) is 84.9 Å². The topological polar surface area (TPSA) is 9.86 Å². The second-order valence-electron chi connectivity index (χ2n) is 12.4. The van der Waals surface area contributed by atoms with Gasteiger partial charge in [0.15, 0.2) is 0 Å². The number of aryl methyl sites for hydroxylation is 1. The van der Waals surface area contributed by atoms with Crippen molar-refractivity contribution in [1.29, 1.82) is 0 Å². The number of aromatic nitrogens is 2. The summed E-state index contributed by atoms with van der Waals surface area (Å²) in [5.41, 5.74) is 9.00. The van der Waals surface area contributed by atoms with Crippen molar-refractivity contribution in [3.05, 3.63) is 139 Å². The average Bonchev–Trinajstić information content (AvgIpc) is 3.85. The van der Waals surface area contributed by atoms with Crippen LogP contribution in [0.5, 0.6) is 0 Å². The molecule has 1 aliphatic carbocycles. The van der Waals surface area contributed by atoms with Gasteiger partial charge in [0.2, 0.25) is 0 Å². The molecule has 0 unspecified atom stereocenters. The Morgan fingerprint density at radius 2 is 1.20 bits per heavy atom. The van der Waals surface area contributed by atoms with Gasteiger partial charge in [-0.25, -0.2) is 0 Å². The van der Waals surface area contributed by atoms with E-state index in [1.54, 1.807) is 0 Å². The molecule has 46 heavy (non-hydrogen) atoms. The Morgan fingerprint density at radius 1 is 0.500 bits per heavy atom. The van der Waals surface area contributed by atoms with E-state index in [2.05, 4.69) is 143 Å². The number of thiophene rings is 2. The van der Waals surface area contributed by atoms with E-state index in [1.165, 1.54) is 95.7 Å². The van der Waals surface area contributed by atoms with E-state index in [4.69, 9.17) is 0 Å². The molecule has 0 fully saturated rings. The molecular weight excluding hydrogens is 597 g/mol. The third-order valence-electron chi connectivity index (χ3n) is 10.00. The van der Waals surface area contributed by atoms with Gasteiger partial charge in [-0.05, 0) is 66.9 Å². The smallest absolute Gasteiger partial charge is 0.0640 e. The number of rotatable bonds is 2. The molecule has 4 aromatic heterocycles. The van der Waals surface area contributed by atoms with Gasteiger partial charge in [-0.3, -0.25) is 0 Å². The van der Waals surface area contributed by atoms with Gasteiger partial charge in [0.25, 0.3) is 0 Å². The Hall–Kier alpha value is -5.16. The van der Waals surface area contributed by atoms with E-state index in [0.717, 1.165) is 12.8 Å². The summed E-state index contributed by atoms with van der Waals surface area (Å²) in [6, 6.07) is 45.3. The number of fused-ring (bicyclic) bond motifs is 13. The first-order chi connectivity index (χ1) is 22.8. The lowest BCUT2D eigenvalue weighted by Gasteiger charge is -2.14. The van der Waals surface area contributed by atoms with Crippen molar-refractivity contribution in [3.63, 3.8) is 0 Å². The van der Waals surface area contributed by atoms with Crippen LogP contribution >= 0.6 is 22.7 Å².